The lowest BCUT2D eigenvalue weighted by molar-refractivity contribution is -0.119. The number of anilines is 1. The van der Waals surface area contributed by atoms with E-state index >= 15 is 0 Å². The number of halogens is 2. The highest BCUT2D eigenvalue weighted by Gasteiger charge is 2.44. The smallest absolute Gasteiger partial charge is 0.239 e. The summed E-state index contributed by atoms with van der Waals surface area (Å²) in [5.74, 6) is 0.363. The van der Waals surface area contributed by atoms with Crippen molar-refractivity contribution >= 4 is 34.8 Å². The Morgan fingerprint density at radius 1 is 1.16 bits per heavy atom. The van der Waals surface area contributed by atoms with E-state index in [-0.39, 0.29) is 17.9 Å². The Kier molecular flexibility index (Phi) is 5.40. The maximum absolute atomic E-state index is 12.2. The molecule has 0 heterocycles. The van der Waals surface area contributed by atoms with Crippen LogP contribution in [0.4, 0.5) is 5.69 Å². The van der Waals surface area contributed by atoms with Crippen molar-refractivity contribution in [3.63, 3.8) is 0 Å². The van der Waals surface area contributed by atoms with Crippen LogP contribution in [0.5, 0.6) is 5.75 Å². The van der Waals surface area contributed by atoms with Crippen molar-refractivity contribution in [2.75, 3.05) is 25.5 Å². The van der Waals surface area contributed by atoms with E-state index in [4.69, 9.17) is 27.9 Å². The first kappa shape index (κ1) is 17.9. The van der Waals surface area contributed by atoms with E-state index in [2.05, 4.69) is 22.8 Å². The fourth-order valence-electron chi connectivity index (χ4n) is 2.88. The van der Waals surface area contributed by atoms with Gasteiger partial charge in [0.2, 0.25) is 5.91 Å². The predicted molar refractivity (Wildman–Crippen MR) is 102 cm³/mol. The zero-order valence-electron chi connectivity index (χ0n) is 13.9. The Balaban J connectivity index is 1.52. The van der Waals surface area contributed by atoms with E-state index in [0.29, 0.717) is 28.0 Å². The minimum atomic E-state index is -0.0646. The zero-order valence-corrected chi connectivity index (χ0v) is 15.5. The number of nitrogens with one attached hydrogen (secondary N) is 2. The number of amides is 1. The molecule has 0 radical (unpaired) electrons. The van der Waals surface area contributed by atoms with Crippen molar-refractivity contribution in [2.45, 2.75) is 18.3 Å². The molecule has 0 bridgehead atoms. The maximum Gasteiger partial charge on any atom is 0.239 e. The van der Waals surface area contributed by atoms with E-state index in [0.717, 1.165) is 12.8 Å². The first-order valence-corrected chi connectivity index (χ1v) is 8.89. The second-order valence-corrected chi connectivity index (χ2v) is 7.06. The standard InChI is InChI=1S/C19H20Cl2N2O2/c1-25-18-15(20)9-14(10-16(18)21)22-11-17(24)23-12-19(7-8-19)13-5-3-2-4-6-13/h2-6,9-10,22H,7-8,11-12H2,1H3,(H,23,24). The molecule has 0 unspecified atom stereocenters. The van der Waals surface area contributed by atoms with Crippen molar-refractivity contribution in [1.82, 2.24) is 5.32 Å². The molecule has 2 aromatic rings. The molecule has 1 aliphatic carbocycles. The molecule has 1 amide bonds. The number of carbonyl (C=O) groups is 1. The molecule has 0 spiro atoms. The summed E-state index contributed by atoms with van der Waals surface area (Å²) in [7, 11) is 1.51. The predicted octanol–water partition coefficient (Wildman–Crippen LogP) is 4.26. The normalized spacial score (nSPS) is 14.7. The van der Waals surface area contributed by atoms with Crippen LogP contribution < -0.4 is 15.4 Å². The first-order chi connectivity index (χ1) is 12.0. The van der Waals surface area contributed by atoms with Crippen molar-refractivity contribution in [3.05, 3.63) is 58.1 Å². The van der Waals surface area contributed by atoms with Crippen LogP contribution in [0.25, 0.3) is 0 Å². The molecular formula is C19H20Cl2N2O2. The number of benzene rings is 2. The number of methoxy groups -OCH3 is 1. The quantitative estimate of drug-likeness (QED) is 0.756. The fraction of sp³-hybridized carbons (Fsp3) is 0.316. The van der Waals surface area contributed by atoms with E-state index < -0.39 is 0 Å². The topological polar surface area (TPSA) is 50.4 Å². The van der Waals surface area contributed by atoms with Crippen LogP contribution in [0.1, 0.15) is 18.4 Å². The molecular weight excluding hydrogens is 359 g/mol. The van der Waals surface area contributed by atoms with Gasteiger partial charge in [-0.3, -0.25) is 4.79 Å². The monoisotopic (exact) mass is 378 g/mol. The molecule has 0 atom stereocenters. The number of hydrogen-bond acceptors (Lipinski definition) is 3. The van der Waals surface area contributed by atoms with Crippen molar-refractivity contribution < 1.29 is 9.53 Å². The minimum absolute atomic E-state index is 0.0646. The third-order valence-corrected chi connectivity index (χ3v) is 5.08. The van der Waals surface area contributed by atoms with Crippen LogP contribution >= 0.6 is 23.2 Å². The number of ether oxygens (including phenoxy) is 1. The summed E-state index contributed by atoms with van der Waals surface area (Å²) in [5, 5.41) is 6.85. The third-order valence-electron chi connectivity index (χ3n) is 4.52. The van der Waals surface area contributed by atoms with Gasteiger partial charge in [-0.2, -0.15) is 0 Å². The van der Waals surface area contributed by atoms with Crippen LogP contribution in [-0.2, 0) is 10.2 Å². The van der Waals surface area contributed by atoms with E-state index in [1.807, 2.05) is 18.2 Å². The molecule has 6 heteroatoms. The molecule has 132 valence electrons. The van der Waals surface area contributed by atoms with Gasteiger partial charge in [0.05, 0.1) is 23.7 Å². The lowest BCUT2D eigenvalue weighted by atomic mass is 9.96. The van der Waals surface area contributed by atoms with E-state index in [9.17, 15) is 4.79 Å². The second kappa shape index (κ2) is 7.54. The van der Waals surface area contributed by atoms with Gasteiger partial charge < -0.3 is 15.4 Å². The van der Waals surface area contributed by atoms with Crippen molar-refractivity contribution in [2.24, 2.45) is 0 Å². The lowest BCUT2D eigenvalue weighted by Crippen LogP contribution is -2.35. The Morgan fingerprint density at radius 2 is 1.80 bits per heavy atom. The Morgan fingerprint density at radius 3 is 2.36 bits per heavy atom. The fourth-order valence-corrected chi connectivity index (χ4v) is 3.52. The molecule has 2 aromatic carbocycles. The SMILES string of the molecule is COc1c(Cl)cc(NCC(=O)NCC2(c3ccccc3)CC2)cc1Cl. The molecule has 1 aliphatic rings. The van der Waals surface area contributed by atoms with Crippen LogP contribution in [-0.4, -0.2) is 26.1 Å². The summed E-state index contributed by atoms with van der Waals surface area (Å²) in [6.45, 7) is 0.811. The number of hydrogen-bond donors (Lipinski definition) is 2. The molecule has 4 nitrogen and oxygen atoms in total. The largest absolute Gasteiger partial charge is 0.494 e. The van der Waals surface area contributed by atoms with Gasteiger partial charge in [0.25, 0.3) is 0 Å². The molecule has 0 aliphatic heterocycles. The lowest BCUT2D eigenvalue weighted by Gasteiger charge is -2.17. The van der Waals surface area contributed by atoms with Gasteiger partial charge in [-0.1, -0.05) is 53.5 Å². The van der Waals surface area contributed by atoms with Gasteiger partial charge in [0, 0.05) is 17.6 Å². The third kappa shape index (κ3) is 4.20. The second-order valence-electron chi connectivity index (χ2n) is 6.25. The van der Waals surface area contributed by atoms with Crippen LogP contribution in [0.2, 0.25) is 10.0 Å². The average Bonchev–Trinajstić information content (AvgIpc) is 3.40. The highest BCUT2D eigenvalue weighted by Crippen LogP contribution is 2.47. The van der Waals surface area contributed by atoms with E-state index in [1.165, 1.54) is 12.7 Å². The minimum Gasteiger partial charge on any atom is -0.494 e. The van der Waals surface area contributed by atoms with Gasteiger partial charge in [0.15, 0.2) is 5.75 Å². The highest BCUT2D eigenvalue weighted by molar-refractivity contribution is 6.37. The molecule has 1 fully saturated rings. The maximum atomic E-state index is 12.2. The van der Waals surface area contributed by atoms with Gasteiger partial charge in [0.1, 0.15) is 0 Å². The van der Waals surface area contributed by atoms with Crippen LogP contribution in [0.3, 0.4) is 0 Å². The highest BCUT2D eigenvalue weighted by atomic mass is 35.5. The van der Waals surface area contributed by atoms with E-state index in [1.54, 1.807) is 12.1 Å². The average molecular weight is 379 g/mol. The molecule has 3 rings (SSSR count). The summed E-state index contributed by atoms with van der Waals surface area (Å²) >= 11 is 12.2. The van der Waals surface area contributed by atoms with Gasteiger partial charge in [-0.15, -0.1) is 0 Å². The zero-order chi connectivity index (χ0) is 17.9. The molecule has 1 saturated carbocycles. The molecule has 0 saturated heterocycles. The Bertz CT molecular complexity index is 738. The summed E-state index contributed by atoms with van der Waals surface area (Å²) in [5.41, 5.74) is 2.07. The summed E-state index contributed by atoms with van der Waals surface area (Å²) in [4.78, 5) is 12.2. The Labute approximate surface area is 157 Å². The van der Waals surface area contributed by atoms with Crippen LogP contribution in [0.15, 0.2) is 42.5 Å². The molecule has 0 aromatic heterocycles. The van der Waals surface area contributed by atoms with Crippen molar-refractivity contribution in [1.29, 1.82) is 0 Å². The summed E-state index contributed by atoms with van der Waals surface area (Å²) in [6.07, 6.45) is 2.21. The van der Waals surface area contributed by atoms with Gasteiger partial charge in [-0.05, 0) is 30.5 Å². The summed E-state index contributed by atoms with van der Waals surface area (Å²) < 4.78 is 5.11. The molecule has 2 N–H and O–H groups in total. The van der Waals surface area contributed by atoms with Crippen molar-refractivity contribution in [3.8, 4) is 5.75 Å². The van der Waals surface area contributed by atoms with Gasteiger partial charge >= 0.3 is 0 Å². The van der Waals surface area contributed by atoms with Crippen LogP contribution in [0, 0.1) is 0 Å². The number of carbonyl (C=O) groups excluding carboxylic acids is 1. The van der Waals surface area contributed by atoms with Gasteiger partial charge in [-0.25, -0.2) is 0 Å². The number of rotatable bonds is 7. The molecule has 25 heavy (non-hydrogen) atoms. The first-order valence-electron chi connectivity index (χ1n) is 8.13. The Hall–Kier alpha value is -1.91. The summed E-state index contributed by atoms with van der Waals surface area (Å²) in [6, 6.07) is 13.7.